The molecule has 1 aliphatic carbocycles. The number of carbonyl (C=O) groups excluding carboxylic acids is 1. The molecule has 2 aliphatic rings. The van der Waals surface area contributed by atoms with Crippen molar-refractivity contribution >= 4 is 29.1 Å². The Morgan fingerprint density at radius 1 is 1.24 bits per heavy atom. The van der Waals surface area contributed by atoms with E-state index < -0.39 is 0 Å². The molecule has 0 radical (unpaired) electrons. The highest BCUT2D eigenvalue weighted by Crippen LogP contribution is 2.34. The lowest BCUT2D eigenvalue weighted by Crippen LogP contribution is -2.55. The zero-order chi connectivity index (χ0) is 12.4. The third-order valence-corrected chi connectivity index (χ3v) is 5.13. The van der Waals surface area contributed by atoms with Gasteiger partial charge in [0.2, 0.25) is 5.91 Å². The average molecular weight is 278 g/mol. The molecule has 3 atom stereocenters. The maximum absolute atomic E-state index is 12.1. The maximum Gasteiger partial charge on any atom is 0.222 e. The Labute approximate surface area is 114 Å². The quantitative estimate of drug-likeness (QED) is 0.709. The van der Waals surface area contributed by atoms with E-state index in [1.807, 2.05) is 4.90 Å². The Hall–Kier alpha value is 0.0500. The molecular weight excluding hydrogens is 257 g/mol. The van der Waals surface area contributed by atoms with Crippen molar-refractivity contribution in [2.45, 2.75) is 62.2 Å². The number of hydrogen-bond donors (Lipinski definition) is 0. The van der Waals surface area contributed by atoms with Crippen molar-refractivity contribution in [2.24, 2.45) is 5.92 Å². The molecule has 0 bridgehead atoms. The molecule has 0 aromatic carbocycles. The Kier molecular flexibility index (Phi) is 4.59. The van der Waals surface area contributed by atoms with Crippen LogP contribution in [0.15, 0.2) is 0 Å². The standard InChI is InChI=1S/C13H21Cl2NO/c1-2-9-6-7-12(17)16(8-9)13-10(14)4-3-5-11(13)15/h9-11,13H,2-8H2,1H3. The van der Waals surface area contributed by atoms with Gasteiger partial charge in [0.25, 0.3) is 0 Å². The van der Waals surface area contributed by atoms with E-state index in [1.54, 1.807) is 0 Å². The van der Waals surface area contributed by atoms with E-state index in [2.05, 4.69) is 6.92 Å². The van der Waals surface area contributed by atoms with Gasteiger partial charge in [-0.2, -0.15) is 0 Å². The molecule has 2 rings (SSSR count). The summed E-state index contributed by atoms with van der Waals surface area (Å²) in [5, 5.41) is 0.0663. The van der Waals surface area contributed by atoms with E-state index in [1.165, 1.54) is 0 Å². The maximum atomic E-state index is 12.1. The second-order valence-corrected chi connectivity index (χ2v) is 6.43. The summed E-state index contributed by atoms with van der Waals surface area (Å²) < 4.78 is 0. The van der Waals surface area contributed by atoms with Crippen LogP contribution in [-0.2, 0) is 4.79 Å². The molecule has 2 fully saturated rings. The Balaban J connectivity index is 2.09. The van der Waals surface area contributed by atoms with Crippen LogP contribution < -0.4 is 0 Å². The lowest BCUT2D eigenvalue weighted by atomic mass is 9.88. The number of carbonyl (C=O) groups is 1. The molecule has 4 heteroatoms. The average Bonchev–Trinajstić information content (AvgIpc) is 2.31. The lowest BCUT2D eigenvalue weighted by Gasteiger charge is -2.44. The molecule has 1 saturated heterocycles. The number of halogens is 2. The van der Waals surface area contributed by atoms with E-state index in [0.717, 1.165) is 38.6 Å². The van der Waals surface area contributed by atoms with E-state index >= 15 is 0 Å². The van der Waals surface area contributed by atoms with Crippen molar-refractivity contribution in [2.75, 3.05) is 6.54 Å². The van der Waals surface area contributed by atoms with Crippen LogP contribution >= 0.6 is 23.2 Å². The number of piperidine rings is 1. The van der Waals surface area contributed by atoms with Crippen LogP contribution in [0.1, 0.15) is 45.4 Å². The molecule has 98 valence electrons. The van der Waals surface area contributed by atoms with Crippen LogP contribution in [0.4, 0.5) is 0 Å². The molecule has 1 aliphatic heterocycles. The highest BCUT2D eigenvalue weighted by molar-refractivity contribution is 6.25. The second kappa shape index (κ2) is 5.79. The summed E-state index contributed by atoms with van der Waals surface area (Å²) in [6, 6.07) is 0.0499. The summed E-state index contributed by atoms with van der Waals surface area (Å²) in [7, 11) is 0. The van der Waals surface area contributed by atoms with Crippen molar-refractivity contribution in [1.82, 2.24) is 4.90 Å². The first kappa shape index (κ1) is 13.5. The van der Waals surface area contributed by atoms with Gasteiger partial charge in [-0.25, -0.2) is 0 Å². The number of likely N-dealkylation sites (tertiary alicyclic amines) is 1. The summed E-state index contributed by atoms with van der Waals surface area (Å²) in [5.41, 5.74) is 0. The van der Waals surface area contributed by atoms with Gasteiger partial charge in [-0.1, -0.05) is 19.8 Å². The van der Waals surface area contributed by atoms with Gasteiger partial charge in [0.15, 0.2) is 0 Å². The molecule has 17 heavy (non-hydrogen) atoms. The van der Waals surface area contributed by atoms with Gasteiger partial charge in [-0.15, -0.1) is 23.2 Å². The molecule has 2 nitrogen and oxygen atoms in total. The predicted octanol–water partition coefficient (Wildman–Crippen LogP) is 3.40. The van der Waals surface area contributed by atoms with E-state index in [0.29, 0.717) is 12.3 Å². The highest BCUT2D eigenvalue weighted by atomic mass is 35.5. The Morgan fingerprint density at radius 3 is 2.47 bits per heavy atom. The summed E-state index contributed by atoms with van der Waals surface area (Å²) in [4.78, 5) is 14.0. The molecule has 1 heterocycles. The fraction of sp³-hybridized carbons (Fsp3) is 0.923. The minimum absolute atomic E-state index is 0.0332. The Morgan fingerprint density at radius 2 is 1.88 bits per heavy atom. The first-order valence-corrected chi connectivity index (χ1v) is 7.58. The van der Waals surface area contributed by atoms with Gasteiger partial charge in [-0.05, 0) is 25.2 Å². The van der Waals surface area contributed by atoms with Gasteiger partial charge >= 0.3 is 0 Å². The summed E-state index contributed by atoms with van der Waals surface area (Å²) in [6.07, 6.45) is 5.88. The van der Waals surface area contributed by atoms with Crippen LogP contribution in [0.5, 0.6) is 0 Å². The highest BCUT2D eigenvalue weighted by Gasteiger charge is 2.39. The SMILES string of the molecule is CCC1CCC(=O)N(C2C(Cl)CCCC2Cl)C1. The number of alkyl halides is 2. The van der Waals surface area contributed by atoms with Crippen molar-refractivity contribution in [3.63, 3.8) is 0 Å². The molecule has 1 saturated carbocycles. The third-order valence-electron chi connectivity index (χ3n) is 4.18. The number of amides is 1. The van der Waals surface area contributed by atoms with Crippen LogP contribution in [0.25, 0.3) is 0 Å². The van der Waals surface area contributed by atoms with Gasteiger partial charge in [0.05, 0.1) is 16.8 Å². The van der Waals surface area contributed by atoms with Gasteiger partial charge < -0.3 is 4.90 Å². The van der Waals surface area contributed by atoms with Crippen LogP contribution in [0.3, 0.4) is 0 Å². The summed E-state index contributed by atoms with van der Waals surface area (Å²) in [6.45, 7) is 3.04. The van der Waals surface area contributed by atoms with Crippen molar-refractivity contribution in [3.05, 3.63) is 0 Å². The molecule has 0 spiro atoms. The normalized spacial score (nSPS) is 39.5. The van der Waals surface area contributed by atoms with Crippen molar-refractivity contribution < 1.29 is 4.79 Å². The molecule has 1 amide bonds. The van der Waals surface area contributed by atoms with E-state index in [4.69, 9.17) is 23.2 Å². The second-order valence-electron chi connectivity index (χ2n) is 5.31. The topological polar surface area (TPSA) is 20.3 Å². The molecule has 0 N–H and O–H groups in total. The number of nitrogens with zero attached hydrogens (tertiary/aromatic N) is 1. The molecule has 0 aromatic rings. The van der Waals surface area contributed by atoms with Crippen molar-refractivity contribution in [3.8, 4) is 0 Å². The first-order valence-electron chi connectivity index (χ1n) is 6.71. The van der Waals surface area contributed by atoms with E-state index in [-0.39, 0.29) is 22.7 Å². The van der Waals surface area contributed by atoms with Gasteiger partial charge in [0, 0.05) is 13.0 Å². The van der Waals surface area contributed by atoms with Crippen LogP contribution in [0.2, 0.25) is 0 Å². The first-order chi connectivity index (χ1) is 8.13. The van der Waals surface area contributed by atoms with E-state index in [9.17, 15) is 4.79 Å². The molecular formula is C13H21Cl2NO. The van der Waals surface area contributed by atoms with Crippen LogP contribution in [0, 0.1) is 5.92 Å². The fourth-order valence-corrected chi connectivity index (χ4v) is 4.04. The minimum atomic E-state index is 0.0332. The largest absolute Gasteiger partial charge is 0.336 e. The minimum Gasteiger partial charge on any atom is -0.336 e. The molecule has 0 aromatic heterocycles. The smallest absolute Gasteiger partial charge is 0.222 e. The monoisotopic (exact) mass is 277 g/mol. The zero-order valence-electron chi connectivity index (χ0n) is 10.4. The summed E-state index contributed by atoms with van der Waals surface area (Å²) >= 11 is 12.8. The van der Waals surface area contributed by atoms with Gasteiger partial charge in [0.1, 0.15) is 0 Å². The molecule has 3 unspecified atom stereocenters. The zero-order valence-corrected chi connectivity index (χ0v) is 11.9. The van der Waals surface area contributed by atoms with Crippen LogP contribution in [-0.4, -0.2) is 34.1 Å². The predicted molar refractivity (Wildman–Crippen MR) is 71.6 cm³/mol. The lowest BCUT2D eigenvalue weighted by molar-refractivity contribution is -0.138. The third kappa shape index (κ3) is 2.90. The fourth-order valence-electron chi connectivity index (χ4n) is 3.03. The number of rotatable bonds is 2. The van der Waals surface area contributed by atoms with Crippen molar-refractivity contribution in [1.29, 1.82) is 0 Å². The van der Waals surface area contributed by atoms with Gasteiger partial charge in [-0.3, -0.25) is 4.79 Å². The number of hydrogen-bond acceptors (Lipinski definition) is 1. The Bertz CT molecular complexity index is 275. The summed E-state index contributed by atoms with van der Waals surface area (Å²) in [5.74, 6) is 0.875.